The molecule has 0 bridgehead atoms. The van der Waals surface area contributed by atoms with Gasteiger partial charge in [-0.3, -0.25) is 4.79 Å². The average molecular weight is 248 g/mol. The van der Waals surface area contributed by atoms with Gasteiger partial charge in [0.15, 0.2) is 0 Å². The van der Waals surface area contributed by atoms with Crippen LogP contribution in [0, 0.1) is 0 Å². The Balaban J connectivity index is 4.09. The van der Waals surface area contributed by atoms with E-state index < -0.39 is 18.6 Å². The number of hydrogen-bond acceptors (Lipinski definition) is 1. The van der Waals surface area contributed by atoms with Gasteiger partial charge in [0.2, 0.25) is 5.91 Å². The summed E-state index contributed by atoms with van der Waals surface area (Å²) in [6.07, 6.45) is -4.31. The molecule has 0 N–H and O–H groups in total. The van der Waals surface area contributed by atoms with Gasteiger partial charge in [0.25, 0.3) is 0 Å². The summed E-state index contributed by atoms with van der Waals surface area (Å²) in [5.74, 6) is -0.546. The van der Waals surface area contributed by atoms with Crippen molar-refractivity contribution in [2.75, 3.05) is 18.4 Å². The maximum Gasteiger partial charge on any atom is 0.406 e. The molecule has 72 valence electrons. The number of hydrogen-bond donors (Lipinski definition) is 0. The van der Waals surface area contributed by atoms with Gasteiger partial charge in [-0.25, -0.2) is 0 Å². The van der Waals surface area contributed by atoms with Crippen LogP contribution in [0.4, 0.5) is 13.2 Å². The first kappa shape index (κ1) is 11.7. The van der Waals surface area contributed by atoms with Crippen molar-refractivity contribution in [1.29, 1.82) is 0 Å². The van der Waals surface area contributed by atoms with E-state index in [1.165, 1.54) is 6.92 Å². The molecule has 0 aromatic rings. The van der Waals surface area contributed by atoms with Gasteiger partial charge in [0.05, 0.1) is 5.33 Å². The van der Waals surface area contributed by atoms with E-state index in [-0.39, 0.29) is 11.9 Å². The van der Waals surface area contributed by atoms with E-state index in [9.17, 15) is 18.0 Å². The second-order valence-corrected chi connectivity index (χ2v) is 2.72. The third-order valence-electron chi connectivity index (χ3n) is 1.22. The van der Waals surface area contributed by atoms with Crippen LogP contribution >= 0.6 is 15.9 Å². The zero-order valence-electron chi connectivity index (χ0n) is 6.49. The molecule has 0 saturated carbocycles. The van der Waals surface area contributed by atoms with Crippen LogP contribution in [0.3, 0.4) is 0 Å². The quantitative estimate of drug-likeness (QED) is 0.697. The van der Waals surface area contributed by atoms with Crippen molar-refractivity contribution >= 4 is 21.8 Å². The summed E-state index contributed by atoms with van der Waals surface area (Å²) in [4.78, 5) is 11.5. The Labute approximate surface area is 76.8 Å². The van der Waals surface area contributed by atoms with Gasteiger partial charge in [-0.05, 0) is 6.92 Å². The van der Waals surface area contributed by atoms with Crippen molar-refractivity contribution in [1.82, 2.24) is 4.90 Å². The van der Waals surface area contributed by atoms with Crippen LogP contribution in [0.1, 0.15) is 6.92 Å². The molecule has 0 heterocycles. The molecule has 0 aromatic carbocycles. The van der Waals surface area contributed by atoms with E-state index >= 15 is 0 Å². The Hall–Kier alpha value is -0.260. The molecule has 0 aliphatic carbocycles. The van der Waals surface area contributed by atoms with E-state index in [0.717, 1.165) is 4.90 Å². The van der Waals surface area contributed by atoms with Crippen molar-refractivity contribution in [3.8, 4) is 0 Å². The van der Waals surface area contributed by atoms with Gasteiger partial charge in [-0.1, -0.05) is 15.9 Å². The molecule has 0 rings (SSSR count). The predicted octanol–water partition coefficient (Wildman–Crippen LogP) is 1.79. The Kier molecular flexibility index (Phi) is 4.59. The minimum atomic E-state index is -4.31. The van der Waals surface area contributed by atoms with Crippen molar-refractivity contribution in [2.24, 2.45) is 0 Å². The molecule has 0 fully saturated rings. The highest BCUT2D eigenvalue weighted by atomic mass is 79.9. The highest BCUT2D eigenvalue weighted by Crippen LogP contribution is 2.16. The molecular weight excluding hydrogens is 239 g/mol. The zero-order valence-corrected chi connectivity index (χ0v) is 8.07. The second-order valence-electron chi connectivity index (χ2n) is 2.16. The van der Waals surface area contributed by atoms with Gasteiger partial charge >= 0.3 is 6.18 Å². The molecule has 0 aliphatic rings. The molecule has 0 spiro atoms. The molecule has 0 radical (unpaired) electrons. The minimum absolute atomic E-state index is 0.0725. The number of rotatable bonds is 3. The van der Waals surface area contributed by atoms with E-state index in [2.05, 4.69) is 15.9 Å². The fourth-order valence-corrected chi connectivity index (χ4v) is 1.03. The standard InChI is InChI=1S/C6H9BrF3NO/c1-2-11(5(12)3-7)4-6(8,9)10/h2-4H2,1H3. The van der Waals surface area contributed by atoms with Crippen LogP contribution in [0.5, 0.6) is 0 Å². The zero-order chi connectivity index (χ0) is 9.78. The highest BCUT2D eigenvalue weighted by Gasteiger charge is 2.31. The maximum absolute atomic E-state index is 11.8. The van der Waals surface area contributed by atoms with Crippen LogP contribution < -0.4 is 0 Å². The molecular formula is C6H9BrF3NO. The van der Waals surface area contributed by atoms with E-state index in [1.54, 1.807) is 0 Å². The van der Waals surface area contributed by atoms with Crippen LogP contribution in [0.2, 0.25) is 0 Å². The molecule has 0 aromatic heterocycles. The predicted molar refractivity (Wildman–Crippen MR) is 42.1 cm³/mol. The fraction of sp³-hybridized carbons (Fsp3) is 0.833. The number of carbonyl (C=O) groups excluding carboxylic acids is 1. The largest absolute Gasteiger partial charge is 0.406 e. The molecule has 0 aliphatic heterocycles. The van der Waals surface area contributed by atoms with E-state index in [1.807, 2.05) is 0 Å². The number of nitrogens with zero attached hydrogens (tertiary/aromatic N) is 1. The third-order valence-corrected chi connectivity index (χ3v) is 1.70. The summed E-state index contributed by atoms with van der Waals surface area (Å²) < 4.78 is 35.3. The Morgan fingerprint density at radius 2 is 2.00 bits per heavy atom. The highest BCUT2D eigenvalue weighted by molar-refractivity contribution is 9.09. The molecule has 6 heteroatoms. The van der Waals surface area contributed by atoms with Crippen molar-refractivity contribution < 1.29 is 18.0 Å². The van der Waals surface area contributed by atoms with Crippen molar-refractivity contribution in [3.63, 3.8) is 0 Å². The SMILES string of the molecule is CCN(CC(F)(F)F)C(=O)CBr. The first-order valence-electron chi connectivity index (χ1n) is 3.31. The third kappa shape index (κ3) is 4.58. The smallest absolute Gasteiger partial charge is 0.333 e. The molecule has 0 unspecified atom stereocenters. The molecule has 0 saturated heterocycles. The summed E-state index contributed by atoms with van der Waals surface area (Å²) in [7, 11) is 0. The van der Waals surface area contributed by atoms with Gasteiger partial charge in [-0.15, -0.1) is 0 Å². The summed E-state index contributed by atoms with van der Waals surface area (Å²) in [5.41, 5.74) is 0. The lowest BCUT2D eigenvalue weighted by Crippen LogP contribution is -2.39. The summed E-state index contributed by atoms with van der Waals surface area (Å²) in [6, 6.07) is 0. The lowest BCUT2D eigenvalue weighted by molar-refractivity contribution is -0.159. The minimum Gasteiger partial charge on any atom is -0.333 e. The van der Waals surface area contributed by atoms with E-state index in [4.69, 9.17) is 0 Å². The summed E-state index contributed by atoms with van der Waals surface area (Å²) in [5, 5.41) is -0.0725. The van der Waals surface area contributed by atoms with Crippen LogP contribution in [-0.4, -0.2) is 35.4 Å². The maximum atomic E-state index is 11.8. The number of carbonyl (C=O) groups is 1. The lowest BCUT2D eigenvalue weighted by atomic mass is 10.4. The van der Waals surface area contributed by atoms with Crippen LogP contribution in [0.15, 0.2) is 0 Å². The summed E-state index contributed by atoms with van der Waals surface area (Å²) in [6.45, 7) is 0.407. The van der Waals surface area contributed by atoms with Gasteiger partial charge in [-0.2, -0.15) is 13.2 Å². The van der Waals surface area contributed by atoms with Crippen molar-refractivity contribution in [3.05, 3.63) is 0 Å². The average Bonchev–Trinajstić information content (AvgIpc) is 1.97. The van der Waals surface area contributed by atoms with Gasteiger partial charge in [0.1, 0.15) is 6.54 Å². The Bertz CT molecular complexity index is 159. The molecule has 1 amide bonds. The number of amides is 1. The molecule has 12 heavy (non-hydrogen) atoms. The first-order valence-corrected chi connectivity index (χ1v) is 4.43. The van der Waals surface area contributed by atoms with Gasteiger partial charge in [0, 0.05) is 6.54 Å². The summed E-state index contributed by atoms with van der Waals surface area (Å²) >= 11 is 2.81. The van der Waals surface area contributed by atoms with Crippen LogP contribution in [0.25, 0.3) is 0 Å². The van der Waals surface area contributed by atoms with E-state index in [0.29, 0.717) is 0 Å². The molecule has 2 nitrogen and oxygen atoms in total. The fourth-order valence-electron chi connectivity index (χ4n) is 0.677. The second kappa shape index (κ2) is 4.69. The number of halogens is 4. The normalized spacial score (nSPS) is 11.4. The molecule has 0 atom stereocenters. The lowest BCUT2D eigenvalue weighted by Gasteiger charge is -2.21. The Morgan fingerprint density at radius 3 is 2.25 bits per heavy atom. The van der Waals surface area contributed by atoms with Crippen LogP contribution in [-0.2, 0) is 4.79 Å². The Morgan fingerprint density at radius 1 is 1.50 bits per heavy atom. The monoisotopic (exact) mass is 247 g/mol. The number of alkyl halides is 4. The van der Waals surface area contributed by atoms with Crippen molar-refractivity contribution in [2.45, 2.75) is 13.1 Å². The first-order chi connectivity index (χ1) is 5.40. The van der Waals surface area contributed by atoms with Gasteiger partial charge < -0.3 is 4.90 Å². The topological polar surface area (TPSA) is 20.3 Å².